The lowest BCUT2D eigenvalue weighted by molar-refractivity contribution is -0.127. The second-order valence-electron chi connectivity index (χ2n) is 7.05. The molecule has 0 aromatic carbocycles. The molecule has 0 spiro atoms. The van der Waals surface area contributed by atoms with Crippen LogP contribution in [-0.4, -0.2) is 39.6 Å². The van der Waals surface area contributed by atoms with Crippen molar-refractivity contribution in [3.05, 3.63) is 42.4 Å². The summed E-state index contributed by atoms with van der Waals surface area (Å²) in [5.41, 5.74) is 6.67. The summed E-state index contributed by atoms with van der Waals surface area (Å²) in [5.74, 6) is 0.859. The maximum atomic E-state index is 12.7. The van der Waals surface area contributed by atoms with Crippen molar-refractivity contribution in [1.29, 1.82) is 0 Å². The lowest BCUT2D eigenvalue weighted by Gasteiger charge is -2.36. The predicted molar refractivity (Wildman–Crippen MR) is 107 cm³/mol. The van der Waals surface area contributed by atoms with Crippen molar-refractivity contribution in [1.82, 2.24) is 20.3 Å². The Labute approximate surface area is 165 Å². The summed E-state index contributed by atoms with van der Waals surface area (Å²) in [7, 11) is 0. The third-order valence-corrected chi connectivity index (χ3v) is 4.89. The van der Waals surface area contributed by atoms with Crippen LogP contribution >= 0.6 is 0 Å². The van der Waals surface area contributed by atoms with Crippen LogP contribution in [0.4, 0.5) is 11.8 Å². The van der Waals surface area contributed by atoms with Crippen LogP contribution in [0, 0.1) is 5.92 Å². The van der Waals surface area contributed by atoms with Crippen LogP contribution in [0.5, 0.6) is 0 Å². The van der Waals surface area contributed by atoms with Gasteiger partial charge in [-0.05, 0) is 43.4 Å². The summed E-state index contributed by atoms with van der Waals surface area (Å²) in [6.07, 6.45) is 8.40. The molecule has 28 heavy (non-hydrogen) atoms. The largest absolute Gasteiger partial charge is 0.376 e. The van der Waals surface area contributed by atoms with Crippen molar-refractivity contribution >= 4 is 17.7 Å². The van der Waals surface area contributed by atoms with Gasteiger partial charge in [0.15, 0.2) is 0 Å². The van der Waals surface area contributed by atoms with Gasteiger partial charge in [-0.2, -0.15) is 4.98 Å². The number of hydrogen-bond donors (Lipinski definition) is 3. The number of carbonyl (C=O) groups is 1. The van der Waals surface area contributed by atoms with Gasteiger partial charge < -0.3 is 21.1 Å². The predicted octanol–water partition coefficient (Wildman–Crippen LogP) is 2.15. The quantitative estimate of drug-likeness (QED) is 0.639. The molecule has 0 bridgehead atoms. The fourth-order valence-electron chi connectivity index (χ4n) is 3.48. The fourth-order valence-corrected chi connectivity index (χ4v) is 3.48. The lowest BCUT2D eigenvalue weighted by atomic mass is 9.83. The number of rotatable bonds is 8. The van der Waals surface area contributed by atoms with Gasteiger partial charge in [0.2, 0.25) is 11.9 Å². The SMILES string of the molecule is CCCO[C@@H]1CC[C@H](C(=O)NCc2cccnc2)C[C@H]1Nc1ccnc(N)n1. The van der Waals surface area contributed by atoms with E-state index in [-0.39, 0.29) is 29.9 Å². The zero-order chi connectivity index (χ0) is 19.8. The molecule has 4 N–H and O–H groups in total. The molecule has 1 fully saturated rings. The molecule has 0 radical (unpaired) electrons. The van der Waals surface area contributed by atoms with Crippen LogP contribution < -0.4 is 16.4 Å². The Bertz CT molecular complexity index is 757. The monoisotopic (exact) mass is 384 g/mol. The van der Waals surface area contributed by atoms with Gasteiger partial charge in [-0.15, -0.1) is 0 Å². The second-order valence-corrected chi connectivity index (χ2v) is 7.05. The van der Waals surface area contributed by atoms with Crippen LogP contribution in [0.25, 0.3) is 0 Å². The van der Waals surface area contributed by atoms with E-state index in [0.717, 1.165) is 24.8 Å². The smallest absolute Gasteiger partial charge is 0.223 e. The highest BCUT2D eigenvalue weighted by Gasteiger charge is 2.34. The Hall–Kier alpha value is -2.74. The van der Waals surface area contributed by atoms with E-state index in [0.29, 0.717) is 25.4 Å². The van der Waals surface area contributed by atoms with Gasteiger partial charge in [-0.25, -0.2) is 4.98 Å². The van der Waals surface area contributed by atoms with E-state index in [1.54, 1.807) is 24.7 Å². The van der Waals surface area contributed by atoms with Crippen LogP contribution in [0.15, 0.2) is 36.8 Å². The first kappa shape index (κ1) is 20.0. The molecule has 0 aliphatic heterocycles. The number of nitrogen functional groups attached to an aromatic ring is 1. The van der Waals surface area contributed by atoms with Crippen molar-refractivity contribution in [2.24, 2.45) is 5.92 Å². The number of carbonyl (C=O) groups excluding carboxylic acids is 1. The summed E-state index contributed by atoms with van der Waals surface area (Å²) in [6, 6.07) is 5.58. The summed E-state index contributed by atoms with van der Waals surface area (Å²) in [5, 5.41) is 6.42. The van der Waals surface area contributed by atoms with Crippen molar-refractivity contribution in [2.45, 2.75) is 51.3 Å². The van der Waals surface area contributed by atoms with Crippen LogP contribution in [0.2, 0.25) is 0 Å². The summed E-state index contributed by atoms with van der Waals surface area (Å²) >= 11 is 0. The van der Waals surface area contributed by atoms with Gasteiger partial charge in [0.25, 0.3) is 0 Å². The fraction of sp³-hybridized carbons (Fsp3) is 0.500. The average Bonchev–Trinajstić information content (AvgIpc) is 2.72. The standard InChI is InChI=1S/C20H28N6O2/c1-2-10-28-17-6-5-15(19(27)24-13-14-4-3-8-22-12-14)11-16(17)25-18-7-9-23-20(21)26-18/h3-4,7-9,12,15-17H,2,5-6,10-11,13H2,1H3,(H,24,27)(H3,21,23,25,26)/t15-,16+,17+/m0/s1. The molecule has 3 atom stereocenters. The lowest BCUT2D eigenvalue weighted by Crippen LogP contribution is -2.45. The molecule has 0 unspecified atom stereocenters. The molecule has 8 nitrogen and oxygen atoms in total. The zero-order valence-corrected chi connectivity index (χ0v) is 16.2. The van der Waals surface area contributed by atoms with E-state index in [2.05, 4.69) is 32.5 Å². The van der Waals surface area contributed by atoms with Crippen molar-refractivity contribution < 1.29 is 9.53 Å². The molecule has 8 heteroatoms. The summed E-state index contributed by atoms with van der Waals surface area (Å²) < 4.78 is 6.03. The first-order chi connectivity index (χ1) is 13.7. The maximum absolute atomic E-state index is 12.7. The Kier molecular flexibility index (Phi) is 7.13. The van der Waals surface area contributed by atoms with Crippen molar-refractivity contribution in [3.8, 4) is 0 Å². The molecular formula is C20H28N6O2. The zero-order valence-electron chi connectivity index (χ0n) is 16.2. The molecule has 0 saturated heterocycles. The summed E-state index contributed by atoms with van der Waals surface area (Å²) in [4.78, 5) is 24.9. The number of anilines is 2. The third kappa shape index (κ3) is 5.63. The number of amides is 1. The molecule has 150 valence electrons. The highest BCUT2D eigenvalue weighted by molar-refractivity contribution is 5.78. The number of nitrogens with two attached hydrogens (primary N) is 1. The number of ether oxygens (including phenoxy) is 1. The summed E-state index contributed by atoms with van der Waals surface area (Å²) in [6.45, 7) is 3.27. The van der Waals surface area contributed by atoms with Crippen molar-refractivity contribution in [2.75, 3.05) is 17.7 Å². The van der Waals surface area contributed by atoms with Crippen molar-refractivity contribution in [3.63, 3.8) is 0 Å². The minimum Gasteiger partial charge on any atom is -0.376 e. The van der Waals surface area contributed by atoms with Crippen LogP contribution in [0.3, 0.4) is 0 Å². The maximum Gasteiger partial charge on any atom is 0.223 e. The molecule has 1 amide bonds. The van der Waals surface area contributed by atoms with Crippen LogP contribution in [-0.2, 0) is 16.1 Å². The highest BCUT2D eigenvalue weighted by Crippen LogP contribution is 2.29. The first-order valence-electron chi connectivity index (χ1n) is 9.79. The molecule has 1 aliphatic rings. The second kappa shape index (κ2) is 9.98. The topological polar surface area (TPSA) is 115 Å². The molecule has 2 aromatic rings. The molecule has 1 saturated carbocycles. The van der Waals surface area contributed by atoms with E-state index in [9.17, 15) is 4.79 Å². The number of hydrogen-bond acceptors (Lipinski definition) is 7. The Morgan fingerprint density at radius 1 is 1.32 bits per heavy atom. The first-order valence-corrected chi connectivity index (χ1v) is 9.79. The number of aromatic nitrogens is 3. The van der Waals surface area contributed by atoms with Crippen LogP contribution in [0.1, 0.15) is 38.2 Å². The van der Waals surface area contributed by atoms with E-state index in [1.165, 1.54) is 0 Å². The minimum absolute atomic E-state index is 0.0104. The molecule has 2 heterocycles. The van der Waals surface area contributed by atoms with Gasteiger partial charge in [-0.1, -0.05) is 13.0 Å². The molecule has 1 aliphatic carbocycles. The van der Waals surface area contributed by atoms with E-state index in [1.807, 2.05) is 12.1 Å². The Morgan fingerprint density at radius 3 is 2.96 bits per heavy atom. The third-order valence-electron chi connectivity index (χ3n) is 4.89. The number of nitrogens with one attached hydrogen (secondary N) is 2. The number of pyridine rings is 1. The minimum atomic E-state index is -0.0742. The van der Waals surface area contributed by atoms with E-state index >= 15 is 0 Å². The average molecular weight is 384 g/mol. The van der Waals surface area contributed by atoms with E-state index in [4.69, 9.17) is 10.5 Å². The van der Waals surface area contributed by atoms with E-state index < -0.39 is 0 Å². The molecule has 2 aromatic heterocycles. The molecular weight excluding hydrogens is 356 g/mol. The number of nitrogens with zero attached hydrogens (tertiary/aromatic N) is 3. The Morgan fingerprint density at radius 2 is 2.21 bits per heavy atom. The molecule has 3 rings (SSSR count). The van der Waals surface area contributed by atoms with Gasteiger partial charge in [0.05, 0.1) is 12.1 Å². The Balaban J connectivity index is 1.61. The normalized spacial score (nSPS) is 21.8. The van der Waals surface area contributed by atoms with Gasteiger partial charge >= 0.3 is 0 Å². The van der Waals surface area contributed by atoms with Gasteiger partial charge in [0.1, 0.15) is 5.82 Å². The highest BCUT2D eigenvalue weighted by atomic mass is 16.5. The van der Waals surface area contributed by atoms with Gasteiger partial charge in [-0.3, -0.25) is 9.78 Å². The van der Waals surface area contributed by atoms with Gasteiger partial charge in [0, 0.05) is 37.7 Å².